The number of nitrogens with one attached hydrogen (secondary N) is 1. The van der Waals surface area contributed by atoms with Gasteiger partial charge in [0.15, 0.2) is 5.78 Å². The van der Waals surface area contributed by atoms with E-state index in [4.69, 9.17) is 0 Å². The first kappa shape index (κ1) is 17.3. The molecular weight excluding hydrogens is 338 g/mol. The van der Waals surface area contributed by atoms with Crippen LogP contribution in [0.25, 0.3) is 10.9 Å². The number of aromatic amines is 1. The number of aromatic hydroxyl groups is 3. The Hall–Kier alpha value is -3.48. The number of fused-ring (bicyclic) bond motifs is 1. The fourth-order valence-corrected chi connectivity index (χ4v) is 3.02. The quantitative estimate of drug-likeness (QED) is 0.432. The Morgan fingerprint density at radius 3 is 2.35 bits per heavy atom. The molecule has 0 saturated heterocycles. The summed E-state index contributed by atoms with van der Waals surface area (Å²) >= 11 is 0. The van der Waals surface area contributed by atoms with Crippen LogP contribution in [0.1, 0.15) is 22.3 Å². The Kier molecular flexibility index (Phi) is 4.53. The van der Waals surface area contributed by atoms with Crippen LogP contribution in [0.4, 0.5) is 0 Å². The topological polar surface area (TPSA) is 131 Å². The van der Waals surface area contributed by atoms with Gasteiger partial charge in [-0.25, -0.2) is 0 Å². The van der Waals surface area contributed by atoms with Crippen LogP contribution in [0, 0.1) is 5.92 Å². The van der Waals surface area contributed by atoms with Gasteiger partial charge in [-0.1, -0.05) is 18.2 Å². The second kappa shape index (κ2) is 6.79. The predicted octanol–water partition coefficient (Wildman–Crippen LogP) is 2.80. The number of ketones is 1. The molecule has 0 radical (unpaired) electrons. The van der Waals surface area contributed by atoms with E-state index in [2.05, 4.69) is 4.98 Å². The summed E-state index contributed by atoms with van der Waals surface area (Å²) in [4.78, 5) is 27.1. The van der Waals surface area contributed by atoms with Gasteiger partial charge in [0, 0.05) is 35.7 Å². The number of aliphatic carboxylic acids is 1. The molecule has 1 heterocycles. The zero-order chi connectivity index (χ0) is 18.8. The summed E-state index contributed by atoms with van der Waals surface area (Å²) in [6, 6.07) is 9.26. The molecule has 1 atom stereocenters. The van der Waals surface area contributed by atoms with E-state index >= 15 is 0 Å². The fraction of sp³-hybridized carbons (Fsp3) is 0.158. The van der Waals surface area contributed by atoms with E-state index in [0.29, 0.717) is 0 Å². The van der Waals surface area contributed by atoms with Gasteiger partial charge >= 0.3 is 5.97 Å². The minimum absolute atomic E-state index is 0.116. The molecule has 0 aliphatic rings. The molecule has 1 aromatic heterocycles. The first-order valence-corrected chi connectivity index (χ1v) is 7.92. The molecule has 3 rings (SSSR count). The number of carboxylic acids is 1. The molecule has 134 valence electrons. The molecule has 0 bridgehead atoms. The summed E-state index contributed by atoms with van der Waals surface area (Å²) in [6.07, 6.45) is 1.42. The van der Waals surface area contributed by atoms with Crippen LogP contribution in [-0.2, 0) is 11.2 Å². The van der Waals surface area contributed by atoms with Crippen molar-refractivity contribution in [2.45, 2.75) is 12.8 Å². The number of hydrogen-bond donors (Lipinski definition) is 5. The van der Waals surface area contributed by atoms with Crippen molar-refractivity contribution in [2.24, 2.45) is 5.92 Å². The molecule has 0 saturated carbocycles. The van der Waals surface area contributed by atoms with Gasteiger partial charge < -0.3 is 25.4 Å². The number of para-hydroxylation sites is 1. The summed E-state index contributed by atoms with van der Waals surface area (Å²) in [5, 5.41) is 39.3. The van der Waals surface area contributed by atoms with Crippen LogP contribution >= 0.6 is 0 Å². The van der Waals surface area contributed by atoms with Gasteiger partial charge in [-0.3, -0.25) is 9.59 Å². The van der Waals surface area contributed by atoms with E-state index < -0.39 is 46.9 Å². The van der Waals surface area contributed by atoms with E-state index in [1.807, 2.05) is 24.3 Å². The fourth-order valence-electron chi connectivity index (χ4n) is 3.02. The molecule has 0 spiro atoms. The maximum absolute atomic E-state index is 12.4. The Balaban J connectivity index is 1.85. The smallest absolute Gasteiger partial charge is 0.307 e. The number of phenols is 3. The first-order valence-electron chi connectivity index (χ1n) is 7.92. The van der Waals surface area contributed by atoms with Crippen molar-refractivity contribution in [3.63, 3.8) is 0 Å². The van der Waals surface area contributed by atoms with Crippen molar-refractivity contribution >= 4 is 22.7 Å². The third-order valence-electron chi connectivity index (χ3n) is 4.28. The van der Waals surface area contributed by atoms with Crippen LogP contribution in [0.5, 0.6) is 17.2 Å². The molecule has 0 unspecified atom stereocenters. The minimum Gasteiger partial charge on any atom is -0.508 e. The van der Waals surface area contributed by atoms with Crippen molar-refractivity contribution in [3.05, 3.63) is 53.7 Å². The lowest BCUT2D eigenvalue weighted by atomic mass is 9.91. The van der Waals surface area contributed by atoms with Crippen LogP contribution in [0.15, 0.2) is 42.6 Å². The van der Waals surface area contributed by atoms with Crippen LogP contribution in [-0.4, -0.2) is 37.2 Å². The molecule has 3 aromatic rings. The summed E-state index contributed by atoms with van der Waals surface area (Å²) in [6.45, 7) is 0. The first-order chi connectivity index (χ1) is 12.4. The summed E-state index contributed by atoms with van der Waals surface area (Å²) in [7, 11) is 0. The number of benzene rings is 2. The number of rotatable bonds is 6. The number of Topliss-reactive ketones (excluding diaryl/α,β-unsaturated/α-hetero) is 1. The Morgan fingerprint density at radius 1 is 1.04 bits per heavy atom. The standard InChI is InChI=1S/C19H17NO6/c21-12-7-16(23)18(17(24)8-12)15(22)6-10(19(25)26)5-11-9-20-14-4-2-1-3-13(11)14/h1-4,7-10,20-21,23-24H,5-6H2,(H,25,26)/t10-/m1/s1. The van der Waals surface area contributed by atoms with Gasteiger partial charge in [-0.15, -0.1) is 0 Å². The van der Waals surface area contributed by atoms with Crippen molar-refractivity contribution < 1.29 is 30.0 Å². The van der Waals surface area contributed by atoms with Crippen LogP contribution in [0.2, 0.25) is 0 Å². The summed E-state index contributed by atoms with van der Waals surface area (Å²) < 4.78 is 0. The lowest BCUT2D eigenvalue weighted by Crippen LogP contribution is -2.20. The average molecular weight is 355 g/mol. The molecule has 7 heteroatoms. The number of phenolic OH excluding ortho intramolecular Hbond substituents is 3. The normalized spacial score (nSPS) is 12.2. The van der Waals surface area contributed by atoms with Gasteiger partial charge in [0.2, 0.25) is 0 Å². The Labute approximate surface area is 148 Å². The van der Waals surface area contributed by atoms with Gasteiger partial charge in [0.05, 0.1) is 5.92 Å². The van der Waals surface area contributed by atoms with Crippen molar-refractivity contribution in [3.8, 4) is 17.2 Å². The molecule has 26 heavy (non-hydrogen) atoms. The van der Waals surface area contributed by atoms with Gasteiger partial charge in [-0.2, -0.15) is 0 Å². The minimum atomic E-state index is -1.15. The lowest BCUT2D eigenvalue weighted by Gasteiger charge is -2.13. The molecule has 0 aliphatic carbocycles. The summed E-state index contributed by atoms with van der Waals surface area (Å²) in [5.74, 6) is -4.49. The van der Waals surface area contributed by atoms with Gasteiger partial charge in [-0.05, 0) is 18.1 Å². The van der Waals surface area contributed by atoms with Crippen molar-refractivity contribution in [2.75, 3.05) is 0 Å². The van der Waals surface area contributed by atoms with Crippen molar-refractivity contribution in [1.82, 2.24) is 4.98 Å². The van der Waals surface area contributed by atoms with Crippen molar-refractivity contribution in [1.29, 1.82) is 0 Å². The number of hydrogen-bond acceptors (Lipinski definition) is 5. The molecule has 0 aliphatic heterocycles. The molecule has 0 fully saturated rings. The largest absolute Gasteiger partial charge is 0.508 e. The SMILES string of the molecule is O=C(C[C@@H](Cc1c[nH]c2ccccc12)C(=O)O)c1c(O)cc(O)cc1O. The molecule has 2 aromatic carbocycles. The number of carbonyl (C=O) groups is 2. The third-order valence-corrected chi connectivity index (χ3v) is 4.28. The zero-order valence-electron chi connectivity index (χ0n) is 13.6. The highest BCUT2D eigenvalue weighted by Crippen LogP contribution is 2.34. The van der Waals surface area contributed by atoms with Crippen LogP contribution in [0.3, 0.4) is 0 Å². The predicted molar refractivity (Wildman–Crippen MR) is 93.5 cm³/mol. The molecular formula is C19H17NO6. The lowest BCUT2D eigenvalue weighted by molar-refractivity contribution is -0.141. The van der Waals surface area contributed by atoms with E-state index in [1.165, 1.54) is 0 Å². The monoisotopic (exact) mass is 355 g/mol. The third kappa shape index (κ3) is 3.32. The van der Waals surface area contributed by atoms with E-state index in [9.17, 15) is 30.0 Å². The van der Waals surface area contributed by atoms with Gasteiger partial charge in [0.1, 0.15) is 22.8 Å². The average Bonchev–Trinajstić information content (AvgIpc) is 2.96. The van der Waals surface area contributed by atoms with E-state index in [0.717, 1.165) is 28.6 Å². The molecule has 0 amide bonds. The number of aromatic nitrogens is 1. The van der Waals surface area contributed by atoms with Crippen LogP contribution < -0.4 is 0 Å². The number of H-pyrrole nitrogens is 1. The Bertz CT molecular complexity index is 968. The second-order valence-electron chi connectivity index (χ2n) is 6.09. The number of carbonyl (C=O) groups excluding carboxylic acids is 1. The zero-order valence-corrected chi connectivity index (χ0v) is 13.6. The Morgan fingerprint density at radius 2 is 1.69 bits per heavy atom. The highest BCUT2D eigenvalue weighted by atomic mass is 16.4. The second-order valence-corrected chi connectivity index (χ2v) is 6.09. The van der Waals surface area contributed by atoms with E-state index in [-0.39, 0.29) is 6.42 Å². The molecule has 7 nitrogen and oxygen atoms in total. The van der Waals surface area contributed by atoms with Gasteiger partial charge in [0.25, 0.3) is 0 Å². The number of carboxylic acid groups (broad SMARTS) is 1. The maximum atomic E-state index is 12.4. The summed E-state index contributed by atoms with van der Waals surface area (Å²) in [5.41, 5.74) is 1.24. The maximum Gasteiger partial charge on any atom is 0.307 e. The highest BCUT2D eigenvalue weighted by Gasteiger charge is 2.26. The van der Waals surface area contributed by atoms with E-state index in [1.54, 1.807) is 6.20 Å². The molecule has 5 N–H and O–H groups in total. The highest BCUT2D eigenvalue weighted by molar-refractivity contribution is 6.02.